The standard InChI is InChI=1S/C31H32O5S/c1-29(2)17-19-35-28(33)31(27(32)34-3)21-30(31,22-11-5-4-6-12-22)18-20-36-37-26-16-10-8-14-24(26)23-13-7-9-15-25(23)29/h4-16H,17-21H2,1-3H3/p+1. The number of fused-ring (bicyclic) bond motifs is 4. The fourth-order valence-electron chi connectivity index (χ4n) is 5.83. The molecule has 0 spiro atoms. The van der Waals surface area contributed by atoms with E-state index in [0.717, 1.165) is 33.6 Å². The first kappa shape index (κ1) is 25.6. The molecule has 37 heavy (non-hydrogen) atoms. The predicted octanol–water partition coefficient (Wildman–Crippen LogP) is 5.57. The zero-order valence-corrected chi connectivity index (χ0v) is 22.4. The van der Waals surface area contributed by atoms with Gasteiger partial charge in [0.1, 0.15) is 6.61 Å². The summed E-state index contributed by atoms with van der Waals surface area (Å²) in [5, 5.41) is 0. The second-order valence-corrected chi connectivity index (χ2v) is 11.5. The van der Waals surface area contributed by atoms with Crippen molar-refractivity contribution in [2.45, 2.75) is 48.8 Å². The number of benzene rings is 3. The molecular formula is C31H33O5S+. The molecule has 2 atom stereocenters. The van der Waals surface area contributed by atoms with Crippen molar-refractivity contribution in [3.8, 4) is 11.1 Å². The molecule has 1 heterocycles. The lowest BCUT2D eigenvalue weighted by atomic mass is 9.78. The number of methoxy groups -OCH3 is 1. The average Bonchev–Trinajstić information content (AvgIpc) is 3.62. The largest absolute Gasteiger partial charge is 0.468 e. The molecule has 5 rings (SSSR count). The van der Waals surface area contributed by atoms with E-state index in [-0.39, 0.29) is 12.0 Å². The topological polar surface area (TPSA) is 61.8 Å². The van der Waals surface area contributed by atoms with E-state index in [9.17, 15) is 9.59 Å². The molecule has 3 aromatic rings. The van der Waals surface area contributed by atoms with Crippen LogP contribution < -0.4 is 0 Å². The summed E-state index contributed by atoms with van der Waals surface area (Å²) >= 11 is 0.737. The molecule has 1 aliphatic heterocycles. The van der Waals surface area contributed by atoms with Gasteiger partial charge in [-0.3, -0.25) is 9.59 Å². The Morgan fingerprint density at radius 3 is 2.30 bits per heavy atom. The summed E-state index contributed by atoms with van der Waals surface area (Å²) in [4.78, 5) is 27.9. The zero-order chi connectivity index (χ0) is 26.1. The number of ether oxygens (including phenoxy) is 2. The molecule has 6 heteroatoms. The molecule has 0 amide bonds. The Labute approximate surface area is 222 Å². The Kier molecular flexibility index (Phi) is 6.90. The molecule has 2 aliphatic rings. The van der Waals surface area contributed by atoms with Crippen LogP contribution in [0.2, 0.25) is 0 Å². The van der Waals surface area contributed by atoms with E-state index in [4.69, 9.17) is 13.7 Å². The van der Waals surface area contributed by atoms with Crippen molar-refractivity contribution in [2.75, 3.05) is 20.3 Å². The number of cyclic esters (lactones) is 1. The van der Waals surface area contributed by atoms with Crippen LogP contribution in [-0.4, -0.2) is 32.3 Å². The van der Waals surface area contributed by atoms with Crippen molar-refractivity contribution in [2.24, 2.45) is 5.41 Å². The van der Waals surface area contributed by atoms with Gasteiger partial charge in [0.15, 0.2) is 22.4 Å². The van der Waals surface area contributed by atoms with Crippen LogP contribution in [0.25, 0.3) is 11.1 Å². The minimum Gasteiger partial charge on any atom is -0.468 e. The minimum atomic E-state index is -1.37. The number of hydrogen-bond acceptors (Lipinski definition) is 5. The van der Waals surface area contributed by atoms with Crippen molar-refractivity contribution in [1.29, 1.82) is 0 Å². The summed E-state index contributed by atoms with van der Waals surface area (Å²) in [6, 6.07) is 26.4. The molecule has 1 aliphatic carbocycles. The van der Waals surface area contributed by atoms with Gasteiger partial charge in [-0.25, -0.2) is 0 Å². The van der Waals surface area contributed by atoms with Gasteiger partial charge in [-0.2, -0.15) is 4.18 Å². The molecule has 5 nitrogen and oxygen atoms in total. The first-order valence-electron chi connectivity index (χ1n) is 12.7. The van der Waals surface area contributed by atoms with E-state index in [2.05, 4.69) is 44.2 Å². The van der Waals surface area contributed by atoms with Gasteiger partial charge < -0.3 is 9.47 Å². The number of carbonyl (C=O) groups is 2. The Balaban J connectivity index is 1.56. The zero-order valence-electron chi connectivity index (χ0n) is 21.5. The normalized spacial score (nSPS) is 25.2. The second-order valence-electron chi connectivity index (χ2n) is 10.5. The summed E-state index contributed by atoms with van der Waals surface area (Å²) in [7, 11) is 1.33. The smallest absolute Gasteiger partial charge is 0.324 e. The maximum absolute atomic E-state index is 13.7. The Morgan fingerprint density at radius 1 is 0.865 bits per heavy atom. The number of hydrogen-bond donors (Lipinski definition) is 0. The number of esters is 2. The molecule has 0 N–H and O–H groups in total. The van der Waals surface area contributed by atoms with Crippen LogP contribution in [0.4, 0.5) is 0 Å². The fourth-order valence-corrected chi connectivity index (χ4v) is 6.60. The average molecular weight is 518 g/mol. The third kappa shape index (κ3) is 4.36. The molecular weight excluding hydrogens is 484 g/mol. The molecule has 0 aromatic heterocycles. The molecule has 192 valence electrons. The van der Waals surface area contributed by atoms with Gasteiger partial charge in [-0.1, -0.05) is 80.6 Å². The molecule has 3 aromatic carbocycles. The Bertz CT molecular complexity index is 1300. The highest BCUT2D eigenvalue weighted by molar-refractivity contribution is 7.73. The maximum atomic E-state index is 13.7. The minimum absolute atomic E-state index is 0.209. The summed E-state index contributed by atoms with van der Waals surface area (Å²) < 4.78 is 17.3. The summed E-state index contributed by atoms with van der Waals surface area (Å²) in [5.41, 5.74) is 2.00. The van der Waals surface area contributed by atoms with Crippen LogP contribution in [0.3, 0.4) is 0 Å². The monoisotopic (exact) mass is 517 g/mol. The van der Waals surface area contributed by atoms with Gasteiger partial charge in [-0.15, -0.1) is 0 Å². The fraction of sp³-hybridized carbons (Fsp3) is 0.355. The highest BCUT2D eigenvalue weighted by Crippen LogP contribution is 2.68. The summed E-state index contributed by atoms with van der Waals surface area (Å²) in [6.07, 6.45) is 1.46. The molecule has 1 fully saturated rings. The highest BCUT2D eigenvalue weighted by Gasteiger charge is 2.78. The lowest BCUT2D eigenvalue weighted by Gasteiger charge is -2.28. The molecule has 1 saturated carbocycles. The first-order chi connectivity index (χ1) is 17.9. The van der Waals surface area contributed by atoms with E-state index in [0.29, 0.717) is 25.9 Å². The van der Waals surface area contributed by atoms with E-state index in [1.54, 1.807) is 0 Å². The highest BCUT2D eigenvalue weighted by atomic mass is 32.2. The van der Waals surface area contributed by atoms with Gasteiger partial charge in [0, 0.05) is 11.0 Å². The van der Waals surface area contributed by atoms with Crippen LogP contribution in [0.5, 0.6) is 0 Å². The molecule has 0 saturated heterocycles. The lowest BCUT2D eigenvalue weighted by molar-refractivity contribution is -0.164. The van der Waals surface area contributed by atoms with E-state index < -0.39 is 22.8 Å². The Hall–Kier alpha value is -3.09. The van der Waals surface area contributed by atoms with Crippen LogP contribution in [-0.2, 0) is 46.1 Å². The van der Waals surface area contributed by atoms with Gasteiger partial charge in [0.05, 0.1) is 13.7 Å². The number of carbonyl (C=O) groups excluding carboxylic acids is 2. The van der Waals surface area contributed by atoms with E-state index >= 15 is 0 Å². The van der Waals surface area contributed by atoms with Gasteiger partial charge in [-0.05, 0) is 53.5 Å². The van der Waals surface area contributed by atoms with Crippen molar-refractivity contribution >= 4 is 24.0 Å². The number of thiol groups is 1. The van der Waals surface area contributed by atoms with Crippen molar-refractivity contribution < 1.29 is 23.2 Å². The van der Waals surface area contributed by atoms with Gasteiger partial charge in [0.2, 0.25) is 0 Å². The summed E-state index contributed by atoms with van der Waals surface area (Å²) in [5.74, 6) is -1.05. The second kappa shape index (κ2) is 9.99. The van der Waals surface area contributed by atoms with Crippen molar-refractivity contribution in [3.05, 3.63) is 90.0 Å². The molecule has 2 unspecified atom stereocenters. The van der Waals surface area contributed by atoms with Crippen LogP contribution >= 0.6 is 0 Å². The van der Waals surface area contributed by atoms with E-state index in [1.807, 2.05) is 48.5 Å². The SMILES string of the molecule is COC(=O)C12CC1(c1ccccc1)CCO[SH+]c1ccccc1-c1ccccc1C(C)(C)CCOC2=O. The third-order valence-electron chi connectivity index (χ3n) is 8.06. The van der Waals surface area contributed by atoms with Gasteiger partial charge >= 0.3 is 11.9 Å². The quantitative estimate of drug-likeness (QED) is 0.192. The van der Waals surface area contributed by atoms with Crippen LogP contribution in [0.15, 0.2) is 83.8 Å². The Morgan fingerprint density at radius 2 is 1.54 bits per heavy atom. The summed E-state index contributed by atoms with van der Waals surface area (Å²) in [6.45, 7) is 4.91. The van der Waals surface area contributed by atoms with Crippen molar-refractivity contribution in [3.63, 3.8) is 0 Å². The van der Waals surface area contributed by atoms with Gasteiger partial charge in [0.25, 0.3) is 0 Å². The first-order valence-corrected chi connectivity index (χ1v) is 13.5. The number of rotatable bonds is 2. The van der Waals surface area contributed by atoms with Crippen molar-refractivity contribution in [1.82, 2.24) is 0 Å². The third-order valence-corrected chi connectivity index (χ3v) is 8.96. The van der Waals surface area contributed by atoms with E-state index in [1.165, 1.54) is 12.7 Å². The molecule has 0 radical (unpaired) electrons. The van der Waals surface area contributed by atoms with Crippen LogP contribution in [0.1, 0.15) is 44.2 Å². The van der Waals surface area contributed by atoms with Crippen LogP contribution in [0, 0.1) is 5.41 Å². The lowest BCUT2D eigenvalue weighted by Crippen LogP contribution is -2.37. The molecule has 0 bridgehead atoms. The predicted molar refractivity (Wildman–Crippen MR) is 145 cm³/mol. The maximum Gasteiger partial charge on any atom is 0.324 e.